The third-order valence-corrected chi connectivity index (χ3v) is 2.65. The van der Waals surface area contributed by atoms with Crippen molar-refractivity contribution in [1.82, 2.24) is 14.7 Å². The van der Waals surface area contributed by atoms with Gasteiger partial charge in [0.25, 0.3) is 0 Å². The molecule has 1 heterocycles. The molecule has 1 rings (SSSR count). The van der Waals surface area contributed by atoms with Crippen LogP contribution < -0.4 is 10.0 Å². The predicted molar refractivity (Wildman–Crippen MR) is 63.1 cm³/mol. The van der Waals surface area contributed by atoms with Crippen LogP contribution in [0.5, 0.6) is 0 Å². The quantitative estimate of drug-likeness (QED) is 0.752. The molecule has 0 saturated carbocycles. The van der Waals surface area contributed by atoms with Crippen LogP contribution in [0.25, 0.3) is 0 Å². The number of halogens is 1. The van der Waals surface area contributed by atoms with Gasteiger partial charge >= 0.3 is 0 Å². The van der Waals surface area contributed by atoms with E-state index in [1.807, 2.05) is 0 Å². The Kier molecular flexibility index (Phi) is 4.45. The summed E-state index contributed by atoms with van der Waals surface area (Å²) in [5.74, 6) is 1.10. The fraction of sp³-hybridized carbons (Fsp3) is 0.500. The molecule has 0 aromatic carbocycles. The molecule has 90 valence electrons. The molecule has 2 N–H and O–H groups in total. The van der Waals surface area contributed by atoms with Gasteiger partial charge in [-0.15, -0.1) is 0 Å². The number of hydrogen-bond acceptors (Lipinski definition) is 5. The molecule has 0 saturated heterocycles. The summed E-state index contributed by atoms with van der Waals surface area (Å²) >= 11 is 5.84. The Bertz CT molecular complexity index is 463. The first-order valence-corrected chi connectivity index (χ1v) is 6.83. The highest BCUT2D eigenvalue weighted by atomic mass is 35.5. The van der Waals surface area contributed by atoms with Crippen molar-refractivity contribution in [2.45, 2.75) is 6.92 Å². The lowest BCUT2D eigenvalue weighted by Crippen LogP contribution is -2.27. The minimum Gasteiger partial charge on any atom is -0.367 e. The number of rotatable bonds is 5. The minimum absolute atomic E-state index is 0.276. The van der Waals surface area contributed by atoms with Crippen molar-refractivity contribution >= 4 is 27.4 Å². The van der Waals surface area contributed by atoms with E-state index >= 15 is 0 Å². The molecule has 0 atom stereocenters. The summed E-state index contributed by atoms with van der Waals surface area (Å²) in [6.45, 7) is 2.43. The van der Waals surface area contributed by atoms with Crippen molar-refractivity contribution in [3.8, 4) is 0 Å². The second kappa shape index (κ2) is 5.42. The standard InChI is InChI=1S/C8H13ClN4O2S/c1-6-11-5-7(9)8(13-6)10-3-4-12-16(2,14)15/h5,12H,3-4H2,1-2H3,(H,10,11,13). The van der Waals surface area contributed by atoms with E-state index < -0.39 is 10.0 Å². The first-order valence-electron chi connectivity index (χ1n) is 4.56. The van der Waals surface area contributed by atoms with E-state index in [-0.39, 0.29) is 6.54 Å². The van der Waals surface area contributed by atoms with Gasteiger partial charge in [0, 0.05) is 13.1 Å². The predicted octanol–water partition coefficient (Wildman–Crippen LogP) is 0.400. The summed E-state index contributed by atoms with van der Waals surface area (Å²) in [6.07, 6.45) is 2.60. The maximum Gasteiger partial charge on any atom is 0.208 e. The molecule has 16 heavy (non-hydrogen) atoms. The summed E-state index contributed by atoms with van der Waals surface area (Å²) < 4.78 is 23.9. The Labute approximate surface area is 99.5 Å². The Morgan fingerprint density at radius 3 is 2.75 bits per heavy atom. The zero-order chi connectivity index (χ0) is 12.2. The molecule has 0 unspecified atom stereocenters. The lowest BCUT2D eigenvalue weighted by atomic mass is 10.5. The van der Waals surface area contributed by atoms with Gasteiger partial charge < -0.3 is 5.32 Å². The third-order valence-electron chi connectivity index (χ3n) is 1.65. The fourth-order valence-corrected chi connectivity index (χ4v) is 1.63. The Morgan fingerprint density at radius 2 is 2.12 bits per heavy atom. The first-order chi connectivity index (χ1) is 7.38. The first kappa shape index (κ1) is 13.1. The number of anilines is 1. The molecule has 0 spiro atoms. The molecule has 8 heteroatoms. The van der Waals surface area contributed by atoms with E-state index in [0.29, 0.717) is 23.2 Å². The summed E-state index contributed by atoms with van der Waals surface area (Å²) in [6, 6.07) is 0. The normalized spacial score (nSPS) is 11.4. The SMILES string of the molecule is Cc1ncc(Cl)c(NCCNS(C)(=O)=O)n1. The summed E-state index contributed by atoms with van der Waals surface area (Å²) in [4.78, 5) is 7.99. The van der Waals surface area contributed by atoms with Crippen LogP contribution in [0.1, 0.15) is 5.82 Å². The van der Waals surface area contributed by atoms with Gasteiger partial charge in [-0.3, -0.25) is 0 Å². The van der Waals surface area contributed by atoms with E-state index in [2.05, 4.69) is 20.0 Å². The Hall–Kier alpha value is -0.920. The number of nitrogens with one attached hydrogen (secondary N) is 2. The molecule has 6 nitrogen and oxygen atoms in total. The van der Waals surface area contributed by atoms with E-state index in [0.717, 1.165) is 6.26 Å². The van der Waals surface area contributed by atoms with Crippen molar-refractivity contribution in [1.29, 1.82) is 0 Å². The van der Waals surface area contributed by atoms with Crippen LogP contribution >= 0.6 is 11.6 Å². The van der Waals surface area contributed by atoms with Crippen molar-refractivity contribution in [3.63, 3.8) is 0 Å². The van der Waals surface area contributed by atoms with Crippen LogP contribution in [0.3, 0.4) is 0 Å². The van der Waals surface area contributed by atoms with Gasteiger partial charge in [0.1, 0.15) is 16.7 Å². The monoisotopic (exact) mass is 264 g/mol. The fourth-order valence-electron chi connectivity index (χ4n) is 0.997. The number of sulfonamides is 1. The van der Waals surface area contributed by atoms with Gasteiger partial charge in [0.15, 0.2) is 0 Å². The second-order valence-corrected chi connectivity index (χ2v) is 5.45. The zero-order valence-corrected chi connectivity index (χ0v) is 10.6. The molecule has 0 aliphatic heterocycles. The highest BCUT2D eigenvalue weighted by Gasteiger charge is 2.03. The van der Waals surface area contributed by atoms with Crippen LogP contribution in [0.4, 0.5) is 5.82 Å². The van der Waals surface area contributed by atoms with Crippen molar-refractivity contribution < 1.29 is 8.42 Å². The van der Waals surface area contributed by atoms with E-state index in [9.17, 15) is 8.42 Å². The number of hydrogen-bond donors (Lipinski definition) is 2. The molecule has 0 aliphatic rings. The molecule has 0 bridgehead atoms. The average Bonchev–Trinajstić information content (AvgIpc) is 2.16. The summed E-state index contributed by atoms with van der Waals surface area (Å²) in [7, 11) is -3.15. The highest BCUT2D eigenvalue weighted by molar-refractivity contribution is 7.88. The van der Waals surface area contributed by atoms with Gasteiger partial charge in [-0.05, 0) is 6.92 Å². The smallest absolute Gasteiger partial charge is 0.208 e. The van der Waals surface area contributed by atoms with Crippen LogP contribution in [-0.4, -0.2) is 37.7 Å². The molecule has 0 amide bonds. The van der Waals surface area contributed by atoms with Crippen molar-refractivity contribution in [2.75, 3.05) is 24.7 Å². The van der Waals surface area contributed by atoms with Gasteiger partial charge in [-0.1, -0.05) is 11.6 Å². The number of nitrogens with zero attached hydrogens (tertiary/aromatic N) is 2. The Morgan fingerprint density at radius 1 is 1.44 bits per heavy atom. The van der Waals surface area contributed by atoms with E-state index in [1.165, 1.54) is 6.20 Å². The lowest BCUT2D eigenvalue weighted by Gasteiger charge is -2.07. The lowest BCUT2D eigenvalue weighted by molar-refractivity contribution is 0.589. The maximum absolute atomic E-state index is 10.8. The molecular formula is C8H13ClN4O2S. The topological polar surface area (TPSA) is 84.0 Å². The van der Waals surface area contributed by atoms with Crippen molar-refractivity contribution in [3.05, 3.63) is 17.0 Å². The van der Waals surface area contributed by atoms with Crippen LogP contribution in [-0.2, 0) is 10.0 Å². The average molecular weight is 265 g/mol. The van der Waals surface area contributed by atoms with E-state index in [1.54, 1.807) is 6.92 Å². The third kappa shape index (κ3) is 4.73. The van der Waals surface area contributed by atoms with Gasteiger partial charge in [-0.2, -0.15) is 0 Å². The van der Waals surface area contributed by atoms with Gasteiger partial charge in [-0.25, -0.2) is 23.1 Å². The largest absolute Gasteiger partial charge is 0.367 e. The minimum atomic E-state index is -3.15. The summed E-state index contributed by atoms with van der Waals surface area (Å²) in [5.41, 5.74) is 0. The molecule has 1 aromatic rings. The Balaban J connectivity index is 2.46. The molecule has 0 fully saturated rings. The maximum atomic E-state index is 10.8. The van der Waals surface area contributed by atoms with Gasteiger partial charge in [0.05, 0.1) is 12.5 Å². The van der Waals surface area contributed by atoms with Crippen LogP contribution in [0.15, 0.2) is 6.20 Å². The molecule has 0 aliphatic carbocycles. The van der Waals surface area contributed by atoms with Crippen LogP contribution in [0, 0.1) is 6.92 Å². The molecular weight excluding hydrogens is 252 g/mol. The highest BCUT2D eigenvalue weighted by Crippen LogP contribution is 2.16. The zero-order valence-electron chi connectivity index (χ0n) is 8.99. The van der Waals surface area contributed by atoms with Gasteiger partial charge in [0.2, 0.25) is 10.0 Å². The second-order valence-electron chi connectivity index (χ2n) is 3.21. The van der Waals surface area contributed by atoms with Crippen molar-refractivity contribution in [2.24, 2.45) is 0 Å². The van der Waals surface area contributed by atoms with Crippen LogP contribution in [0.2, 0.25) is 5.02 Å². The molecule has 1 aromatic heterocycles. The molecule has 0 radical (unpaired) electrons. The number of aromatic nitrogens is 2. The number of aryl methyl sites for hydroxylation is 1. The van der Waals surface area contributed by atoms with E-state index in [4.69, 9.17) is 11.6 Å². The summed E-state index contributed by atoms with van der Waals surface area (Å²) in [5, 5.41) is 3.32.